The van der Waals surface area contributed by atoms with Crippen molar-refractivity contribution < 1.29 is 0 Å². The first kappa shape index (κ1) is 22.5. The topological polar surface area (TPSA) is 39.1 Å². The summed E-state index contributed by atoms with van der Waals surface area (Å²) in [4.78, 5) is 2.47. The molecule has 1 N–H and O–H groups in total. The van der Waals surface area contributed by atoms with Gasteiger partial charge in [-0.15, -0.1) is 0 Å². The van der Waals surface area contributed by atoms with Gasteiger partial charge in [-0.2, -0.15) is 5.26 Å². The molecule has 170 valence electrons. The lowest BCUT2D eigenvalue weighted by atomic mass is 9.89. The van der Waals surface area contributed by atoms with Gasteiger partial charge in [0.2, 0.25) is 0 Å². The highest BCUT2D eigenvalue weighted by atomic mass is 35.5. The van der Waals surface area contributed by atoms with Crippen LogP contribution >= 0.6 is 11.6 Å². The summed E-state index contributed by atoms with van der Waals surface area (Å²) in [5.74, 6) is 1.13. The molecule has 1 saturated heterocycles. The summed E-state index contributed by atoms with van der Waals surface area (Å²) >= 11 is 6.21. The van der Waals surface area contributed by atoms with Gasteiger partial charge in [0.05, 0.1) is 11.6 Å². The number of fused-ring (bicyclic) bond motifs is 1. The van der Waals surface area contributed by atoms with Crippen LogP contribution in [0, 0.1) is 23.2 Å². The lowest BCUT2D eigenvalue weighted by Crippen LogP contribution is -2.33. The fourth-order valence-electron chi connectivity index (χ4n) is 5.17. The summed E-state index contributed by atoms with van der Waals surface area (Å²) in [6, 6.07) is 33.6. The molecule has 0 saturated carbocycles. The first-order valence-electron chi connectivity index (χ1n) is 11.9. The largest absolute Gasteiger partial charge is 0.367 e. The summed E-state index contributed by atoms with van der Waals surface area (Å²) in [7, 11) is 0. The van der Waals surface area contributed by atoms with Crippen molar-refractivity contribution in [2.24, 2.45) is 11.8 Å². The molecule has 4 heteroatoms. The molecule has 0 amide bonds. The second-order valence-corrected chi connectivity index (χ2v) is 9.59. The Labute approximate surface area is 206 Å². The van der Waals surface area contributed by atoms with Crippen molar-refractivity contribution in [1.29, 1.82) is 5.26 Å². The minimum absolute atomic E-state index is 0.542. The lowest BCUT2D eigenvalue weighted by molar-refractivity contribution is 0.413. The van der Waals surface area contributed by atoms with Crippen LogP contribution in [-0.4, -0.2) is 19.6 Å². The van der Waals surface area contributed by atoms with E-state index in [2.05, 4.69) is 76.9 Å². The fraction of sp³-hybridized carbons (Fsp3) is 0.233. The lowest BCUT2D eigenvalue weighted by Gasteiger charge is -2.31. The number of hydrogen-bond acceptors (Lipinski definition) is 3. The average Bonchev–Trinajstić information content (AvgIpc) is 3.31. The zero-order valence-corrected chi connectivity index (χ0v) is 19.9. The van der Waals surface area contributed by atoms with Crippen molar-refractivity contribution in [3.63, 3.8) is 0 Å². The molecule has 4 aromatic carbocycles. The highest BCUT2D eigenvalue weighted by Gasteiger charge is 2.29. The zero-order valence-electron chi connectivity index (χ0n) is 19.1. The van der Waals surface area contributed by atoms with E-state index in [9.17, 15) is 5.26 Å². The average molecular weight is 466 g/mol. The van der Waals surface area contributed by atoms with E-state index >= 15 is 0 Å². The molecule has 4 aromatic rings. The Morgan fingerprint density at radius 3 is 2.35 bits per heavy atom. The van der Waals surface area contributed by atoms with Gasteiger partial charge >= 0.3 is 0 Å². The molecule has 0 unspecified atom stereocenters. The van der Waals surface area contributed by atoms with Gasteiger partial charge in [0.1, 0.15) is 0 Å². The monoisotopic (exact) mass is 465 g/mol. The number of nitrogens with zero attached hydrogens (tertiary/aromatic N) is 2. The number of halogens is 1. The van der Waals surface area contributed by atoms with Crippen molar-refractivity contribution in [3.8, 4) is 6.07 Å². The van der Waals surface area contributed by atoms with Gasteiger partial charge in [-0.3, -0.25) is 0 Å². The molecule has 34 heavy (non-hydrogen) atoms. The maximum absolute atomic E-state index is 9.57. The molecule has 3 nitrogen and oxygen atoms in total. The van der Waals surface area contributed by atoms with Gasteiger partial charge in [-0.05, 0) is 83.6 Å². The van der Waals surface area contributed by atoms with Crippen molar-refractivity contribution in [3.05, 3.63) is 113 Å². The van der Waals surface area contributed by atoms with Crippen LogP contribution in [0.5, 0.6) is 0 Å². The molecule has 5 rings (SSSR count). The number of anilines is 1. The SMILES string of the molecule is N#Cc1cccc2c(CN(C[C@H]3CNC[C@@H]3Cc3ccccc3)c3ccc(Cl)cc3)cccc12. The smallest absolute Gasteiger partial charge is 0.0998 e. The Morgan fingerprint density at radius 1 is 0.824 bits per heavy atom. The summed E-state index contributed by atoms with van der Waals surface area (Å²) < 4.78 is 0. The molecule has 1 fully saturated rings. The molecule has 1 aliphatic heterocycles. The Bertz CT molecular complexity index is 1290. The molecular weight excluding hydrogens is 438 g/mol. The standard InChI is InChI=1S/C30H28ClN3/c31-27-12-14-28(15-13-27)34(20-24-9-5-10-29-23(17-32)8-4-11-30(24)29)21-26-19-33-18-25(26)16-22-6-2-1-3-7-22/h1-15,25-26,33H,16,18-21H2/t25-,26+/m0/s1. The minimum atomic E-state index is 0.542. The maximum atomic E-state index is 9.57. The molecule has 0 aromatic heterocycles. The molecule has 2 atom stereocenters. The van der Waals surface area contributed by atoms with E-state index in [1.54, 1.807) is 0 Å². The summed E-state index contributed by atoms with van der Waals surface area (Å²) in [5, 5.41) is 16.1. The van der Waals surface area contributed by atoms with E-state index in [1.807, 2.05) is 30.3 Å². The number of nitriles is 1. The van der Waals surface area contributed by atoms with Crippen LogP contribution in [0.15, 0.2) is 91.0 Å². The van der Waals surface area contributed by atoms with E-state index in [-0.39, 0.29) is 0 Å². The second kappa shape index (κ2) is 10.3. The molecule has 0 radical (unpaired) electrons. The van der Waals surface area contributed by atoms with Crippen molar-refractivity contribution in [2.45, 2.75) is 13.0 Å². The van der Waals surface area contributed by atoms with Gasteiger partial charge in [-0.1, -0.05) is 72.3 Å². The molecular formula is C30H28ClN3. The molecule has 1 aliphatic rings. The zero-order chi connectivity index (χ0) is 23.3. The van der Waals surface area contributed by atoms with Crippen molar-refractivity contribution in [2.75, 3.05) is 24.5 Å². The first-order chi connectivity index (χ1) is 16.7. The van der Waals surface area contributed by atoms with E-state index in [0.717, 1.165) is 54.0 Å². The van der Waals surface area contributed by atoms with Gasteiger partial charge in [0.25, 0.3) is 0 Å². The van der Waals surface area contributed by atoms with E-state index in [1.165, 1.54) is 16.8 Å². The van der Waals surface area contributed by atoms with Crippen LogP contribution in [0.3, 0.4) is 0 Å². The number of nitrogens with one attached hydrogen (secondary N) is 1. The fourth-order valence-corrected chi connectivity index (χ4v) is 5.30. The highest BCUT2D eigenvalue weighted by Crippen LogP contribution is 2.29. The van der Waals surface area contributed by atoms with Crippen molar-refractivity contribution in [1.82, 2.24) is 5.32 Å². The summed E-state index contributed by atoms with van der Waals surface area (Å²) in [6.07, 6.45) is 1.09. The van der Waals surface area contributed by atoms with Gasteiger partial charge in [0.15, 0.2) is 0 Å². The summed E-state index contributed by atoms with van der Waals surface area (Å²) in [5.41, 5.74) is 4.52. The number of rotatable bonds is 7. The Hall–Kier alpha value is -3.32. The van der Waals surface area contributed by atoms with E-state index in [0.29, 0.717) is 11.8 Å². The van der Waals surface area contributed by atoms with Crippen molar-refractivity contribution >= 4 is 28.1 Å². The molecule has 1 heterocycles. The third-order valence-corrected chi connectivity index (χ3v) is 7.21. The minimum Gasteiger partial charge on any atom is -0.367 e. The van der Waals surface area contributed by atoms with Crippen LogP contribution in [0.1, 0.15) is 16.7 Å². The van der Waals surface area contributed by atoms with Crippen LogP contribution in [0.4, 0.5) is 5.69 Å². The predicted octanol–water partition coefficient (Wildman–Crippen LogP) is 6.45. The van der Waals surface area contributed by atoms with Gasteiger partial charge in [-0.25, -0.2) is 0 Å². The molecule has 0 aliphatic carbocycles. The summed E-state index contributed by atoms with van der Waals surface area (Å²) in [6.45, 7) is 3.81. The number of benzene rings is 4. The molecule has 0 spiro atoms. The van der Waals surface area contributed by atoms with E-state index < -0.39 is 0 Å². The van der Waals surface area contributed by atoms with Gasteiger partial charge < -0.3 is 10.2 Å². The first-order valence-corrected chi connectivity index (χ1v) is 12.2. The predicted molar refractivity (Wildman–Crippen MR) is 141 cm³/mol. The van der Waals surface area contributed by atoms with Crippen LogP contribution < -0.4 is 10.2 Å². The van der Waals surface area contributed by atoms with Crippen LogP contribution in [0.2, 0.25) is 5.02 Å². The molecule has 0 bridgehead atoms. The van der Waals surface area contributed by atoms with E-state index in [4.69, 9.17) is 11.6 Å². The second-order valence-electron chi connectivity index (χ2n) is 9.15. The Morgan fingerprint density at radius 2 is 1.56 bits per heavy atom. The van der Waals surface area contributed by atoms with Gasteiger partial charge in [0, 0.05) is 23.8 Å². The Kier molecular flexibility index (Phi) is 6.81. The third-order valence-electron chi connectivity index (χ3n) is 6.96. The van der Waals surface area contributed by atoms with Crippen LogP contribution in [0.25, 0.3) is 10.8 Å². The Balaban J connectivity index is 1.44. The quantitative estimate of drug-likeness (QED) is 0.341. The third kappa shape index (κ3) is 4.94. The highest BCUT2D eigenvalue weighted by molar-refractivity contribution is 6.30. The van der Waals surface area contributed by atoms with Crippen LogP contribution in [-0.2, 0) is 13.0 Å². The maximum Gasteiger partial charge on any atom is 0.0998 e. The normalized spacial score (nSPS) is 17.5. The number of hydrogen-bond donors (Lipinski definition) is 1.